The summed E-state index contributed by atoms with van der Waals surface area (Å²) in [4.78, 5) is 19.8. The van der Waals surface area contributed by atoms with Gasteiger partial charge >= 0.3 is 6.18 Å². The third-order valence-electron chi connectivity index (χ3n) is 4.11. The predicted octanol–water partition coefficient (Wildman–Crippen LogP) is 5.59. The number of benzene rings is 2. The van der Waals surface area contributed by atoms with E-state index in [9.17, 15) is 22.4 Å². The van der Waals surface area contributed by atoms with Gasteiger partial charge in [0.1, 0.15) is 11.5 Å². The van der Waals surface area contributed by atoms with Gasteiger partial charge in [0.15, 0.2) is 5.16 Å². The molecular formula is C21H17F4N3OS. The summed E-state index contributed by atoms with van der Waals surface area (Å²) in [7, 11) is 0. The molecule has 156 valence electrons. The number of carbonyl (C=O) groups excluding carboxylic acids is 1. The molecule has 1 aromatic heterocycles. The number of carbonyl (C=O) groups is 1. The minimum absolute atomic E-state index is 0.00427. The Morgan fingerprint density at radius 2 is 1.70 bits per heavy atom. The van der Waals surface area contributed by atoms with E-state index in [1.54, 1.807) is 12.1 Å². The third-order valence-corrected chi connectivity index (χ3v) is 4.96. The number of rotatable bonds is 6. The van der Waals surface area contributed by atoms with E-state index in [-0.39, 0.29) is 16.6 Å². The Morgan fingerprint density at radius 1 is 1.03 bits per heavy atom. The van der Waals surface area contributed by atoms with Crippen molar-refractivity contribution in [2.45, 2.75) is 24.7 Å². The van der Waals surface area contributed by atoms with Crippen molar-refractivity contribution in [1.82, 2.24) is 9.97 Å². The highest BCUT2D eigenvalue weighted by Crippen LogP contribution is 2.32. The van der Waals surface area contributed by atoms with Gasteiger partial charge < -0.3 is 5.32 Å². The van der Waals surface area contributed by atoms with Gasteiger partial charge in [-0.1, -0.05) is 30.8 Å². The Balaban J connectivity index is 1.76. The summed E-state index contributed by atoms with van der Waals surface area (Å²) >= 11 is 0.789. The summed E-state index contributed by atoms with van der Waals surface area (Å²) in [6.45, 7) is 2.01. The van der Waals surface area contributed by atoms with Crippen LogP contribution in [-0.4, -0.2) is 21.6 Å². The Morgan fingerprint density at radius 3 is 2.30 bits per heavy atom. The van der Waals surface area contributed by atoms with Crippen LogP contribution in [0.3, 0.4) is 0 Å². The van der Waals surface area contributed by atoms with Crippen LogP contribution in [0.1, 0.15) is 18.2 Å². The van der Waals surface area contributed by atoms with E-state index in [2.05, 4.69) is 15.3 Å². The number of anilines is 1. The summed E-state index contributed by atoms with van der Waals surface area (Å²) in [6.07, 6.45) is -3.82. The maximum absolute atomic E-state index is 13.2. The highest BCUT2D eigenvalue weighted by atomic mass is 32.2. The first-order valence-electron chi connectivity index (χ1n) is 8.98. The second kappa shape index (κ2) is 9.25. The summed E-state index contributed by atoms with van der Waals surface area (Å²) in [6, 6.07) is 13.0. The number of halogens is 4. The molecule has 0 saturated heterocycles. The lowest BCUT2D eigenvalue weighted by molar-refractivity contribution is -0.141. The smallest absolute Gasteiger partial charge is 0.325 e. The Kier molecular flexibility index (Phi) is 6.71. The van der Waals surface area contributed by atoms with Gasteiger partial charge in [-0.05, 0) is 54.4 Å². The molecule has 1 amide bonds. The first kappa shape index (κ1) is 21.8. The fraction of sp³-hybridized carbons (Fsp3) is 0.190. The second-order valence-corrected chi connectivity index (χ2v) is 7.26. The van der Waals surface area contributed by atoms with Crippen LogP contribution < -0.4 is 5.32 Å². The third kappa shape index (κ3) is 5.79. The largest absolute Gasteiger partial charge is 0.433 e. The molecule has 1 N–H and O–H groups in total. The van der Waals surface area contributed by atoms with Crippen molar-refractivity contribution in [3.05, 3.63) is 71.7 Å². The maximum Gasteiger partial charge on any atom is 0.433 e. The molecule has 0 atom stereocenters. The van der Waals surface area contributed by atoms with Gasteiger partial charge in [0.25, 0.3) is 0 Å². The topological polar surface area (TPSA) is 54.9 Å². The molecule has 9 heteroatoms. The lowest BCUT2D eigenvalue weighted by Crippen LogP contribution is -2.15. The molecule has 0 spiro atoms. The van der Waals surface area contributed by atoms with Crippen molar-refractivity contribution in [3.8, 4) is 11.3 Å². The molecule has 0 saturated carbocycles. The molecule has 3 rings (SSSR count). The lowest BCUT2D eigenvalue weighted by atomic mass is 10.1. The van der Waals surface area contributed by atoms with Gasteiger partial charge in [-0.25, -0.2) is 14.4 Å². The van der Waals surface area contributed by atoms with Crippen LogP contribution in [0.2, 0.25) is 0 Å². The molecule has 30 heavy (non-hydrogen) atoms. The van der Waals surface area contributed by atoms with Gasteiger partial charge in [0, 0.05) is 11.3 Å². The zero-order chi connectivity index (χ0) is 21.7. The van der Waals surface area contributed by atoms with E-state index in [4.69, 9.17) is 0 Å². The zero-order valence-electron chi connectivity index (χ0n) is 15.8. The van der Waals surface area contributed by atoms with Crippen molar-refractivity contribution in [2.75, 3.05) is 11.1 Å². The molecule has 4 nitrogen and oxygen atoms in total. The number of alkyl halides is 3. The van der Waals surface area contributed by atoms with Gasteiger partial charge in [-0.2, -0.15) is 13.2 Å². The Hall–Kier alpha value is -2.94. The number of nitrogens with zero attached hydrogens (tertiary/aromatic N) is 2. The fourth-order valence-corrected chi connectivity index (χ4v) is 3.21. The van der Waals surface area contributed by atoms with Crippen molar-refractivity contribution < 1.29 is 22.4 Å². The van der Waals surface area contributed by atoms with Crippen LogP contribution in [0.15, 0.2) is 59.8 Å². The molecule has 2 aromatic carbocycles. The average molecular weight is 435 g/mol. The number of aromatic nitrogens is 2. The number of aryl methyl sites for hydroxylation is 1. The SMILES string of the molecule is CCc1ccc(NC(=O)CSc2nc(-c3ccc(F)cc3)cc(C(F)(F)F)n2)cc1. The van der Waals surface area contributed by atoms with Crippen LogP contribution in [0.25, 0.3) is 11.3 Å². The highest BCUT2D eigenvalue weighted by Gasteiger charge is 2.34. The van der Waals surface area contributed by atoms with E-state index in [1.165, 1.54) is 12.1 Å². The van der Waals surface area contributed by atoms with Crippen LogP contribution in [0.5, 0.6) is 0 Å². The quantitative estimate of drug-likeness (QED) is 0.311. The fourth-order valence-electron chi connectivity index (χ4n) is 2.55. The van der Waals surface area contributed by atoms with Crippen molar-refractivity contribution in [2.24, 2.45) is 0 Å². The summed E-state index contributed by atoms with van der Waals surface area (Å²) in [5.41, 5.74) is 0.889. The molecule has 0 aliphatic rings. The zero-order valence-corrected chi connectivity index (χ0v) is 16.6. The first-order chi connectivity index (χ1) is 14.2. The monoisotopic (exact) mass is 435 g/mol. The van der Waals surface area contributed by atoms with E-state index < -0.39 is 23.6 Å². The van der Waals surface area contributed by atoms with Crippen molar-refractivity contribution in [3.63, 3.8) is 0 Å². The van der Waals surface area contributed by atoms with E-state index in [1.807, 2.05) is 19.1 Å². The van der Waals surface area contributed by atoms with Gasteiger partial charge in [0.05, 0.1) is 11.4 Å². The minimum Gasteiger partial charge on any atom is -0.325 e. The van der Waals surface area contributed by atoms with E-state index in [0.29, 0.717) is 11.3 Å². The van der Waals surface area contributed by atoms with Gasteiger partial charge in [0.2, 0.25) is 5.91 Å². The van der Waals surface area contributed by atoms with Crippen molar-refractivity contribution in [1.29, 1.82) is 0 Å². The van der Waals surface area contributed by atoms with Crippen LogP contribution in [-0.2, 0) is 17.4 Å². The van der Waals surface area contributed by atoms with E-state index in [0.717, 1.165) is 41.9 Å². The summed E-state index contributed by atoms with van der Waals surface area (Å²) < 4.78 is 52.8. The van der Waals surface area contributed by atoms with Crippen LogP contribution in [0, 0.1) is 5.82 Å². The average Bonchev–Trinajstić information content (AvgIpc) is 2.72. The van der Waals surface area contributed by atoms with Gasteiger partial charge in [-0.15, -0.1) is 0 Å². The second-order valence-electron chi connectivity index (χ2n) is 6.31. The number of hydrogen-bond donors (Lipinski definition) is 1. The molecule has 0 unspecified atom stereocenters. The molecule has 0 aliphatic heterocycles. The Labute approximate surface area is 174 Å². The van der Waals surface area contributed by atoms with E-state index >= 15 is 0 Å². The Bertz CT molecular complexity index is 1020. The number of hydrogen-bond acceptors (Lipinski definition) is 4. The standard InChI is InChI=1S/C21H17F4N3OS/c1-2-13-3-9-16(10-4-13)26-19(29)12-30-20-27-17(11-18(28-20)21(23,24)25)14-5-7-15(22)8-6-14/h3-11H,2,12H2,1H3,(H,26,29). The number of amides is 1. The van der Waals surface area contributed by atoms with Crippen LogP contribution in [0.4, 0.5) is 23.2 Å². The molecule has 0 radical (unpaired) electrons. The summed E-state index contributed by atoms with van der Waals surface area (Å²) in [5.74, 6) is -1.07. The van der Waals surface area contributed by atoms with Crippen molar-refractivity contribution >= 4 is 23.4 Å². The van der Waals surface area contributed by atoms with Gasteiger partial charge in [-0.3, -0.25) is 4.79 Å². The molecule has 0 aliphatic carbocycles. The highest BCUT2D eigenvalue weighted by molar-refractivity contribution is 7.99. The normalized spacial score (nSPS) is 11.4. The van der Waals surface area contributed by atoms with Crippen LogP contribution >= 0.6 is 11.8 Å². The predicted molar refractivity (Wildman–Crippen MR) is 108 cm³/mol. The number of nitrogens with one attached hydrogen (secondary N) is 1. The molecule has 1 heterocycles. The minimum atomic E-state index is -4.68. The summed E-state index contributed by atoms with van der Waals surface area (Å²) in [5, 5.41) is 2.49. The maximum atomic E-state index is 13.2. The number of thioether (sulfide) groups is 1. The first-order valence-corrected chi connectivity index (χ1v) is 9.97. The molecule has 0 bridgehead atoms. The molecule has 0 fully saturated rings. The lowest BCUT2D eigenvalue weighted by Gasteiger charge is -2.11. The molecular weight excluding hydrogens is 418 g/mol. The molecule has 3 aromatic rings.